The standard InChI is InChI=1S/C10H17N3OS/c1-7-3-4-9(15-7)8(2)12-6-5-10(11)13-14/h3-4,8,12,14H,5-6H2,1-2H3,(H2,11,13). The van der Waals surface area contributed by atoms with Crippen molar-refractivity contribution in [3.05, 3.63) is 21.9 Å². The maximum atomic E-state index is 8.36. The Hall–Kier alpha value is -1.07. The summed E-state index contributed by atoms with van der Waals surface area (Å²) in [5.41, 5.74) is 5.36. The van der Waals surface area contributed by atoms with E-state index in [9.17, 15) is 0 Å². The third-order valence-electron chi connectivity index (χ3n) is 2.15. The molecular weight excluding hydrogens is 210 g/mol. The quantitative estimate of drug-likeness (QED) is 0.311. The number of hydrogen-bond acceptors (Lipinski definition) is 4. The van der Waals surface area contributed by atoms with Crippen LogP contribution in [0.1, 0.15) is 29.1 Å². The molecule has 1 unspecified atom stereocenters. The largest absolute Gasteiger partial charge is 0.409 e. The van der Waals surface area contributed by atoms with Gasteiger partial charge in [-0.3, -0.25) is 0 Å². The predicted molar refractivity (Wildman–Crippen MR) is 63.5 cm³/mol. The van der Waals surface area contributed by atoms with Gasteiger partial charge in [-0.25, -0.2) is 0 Å². The van der Waals surface area contributed by atoms with Crippen LogP contribution in [-0.2, 0) is 0 Å². The molecule has 0 bridgehead atoms. The first-order chi connectivity index (χ1) is 7.13. The van der Waals surface area contributed by atoms with Crippen LogP contribution in [0.25, 0.3) is 0 Å². The number of rotatable bonds is 5. The highest BCUT2D eigenvalue weighted by molar-refractivity contribution is 7.12. The fourth-order valence-corrected chi connectivity index (χ4v) is 2.16. The van der Waals surface area contributed by atoms with E-state index >= 15 is 0 Å². The molecule has 84 valence electrons. The van der Waals surface area contributed by atoms with E-state index in [-0.39, 0.29) is 5.84 Å². The number of hydrogen-bond donors (Lipinski definition) is 3. The molecule has 0 saturated heterocycles. The average Bonchev–Trinajstić information content (AvgIpc) is 2.64. The Bertz CT molecular complexity index is 335. The second kappa shape index (κ2) is 5.72. The minimum absolute atomic E-state index is 0.261. The first-order valence-electron chi connectivity index (χ1n) is 4.89. The van der Waals surface area contributed by atoms with Crippen molar-refractivity contribution in [3.8, 4) is 0 Å². The molecular formula is C10H17N3OS. The van der Waals surface area contributed by atoms with E-state index in [0.717, 1.165) is 0 Å². The summed E-state index contributed by atoms with van der Waals surface area (Å²) in [4.78, 5) is 2.63. The summed E-state index contributed by atoms with van der Waals surface area (Å²) in [6, 6.07) is 4.55. The van der Waals surface area contributed by atoms with Crippen molar-refractivity contribution in [1.29, 1.82) is 0 Å². The zero-order valence-corrected chi connectivity index (χ0v) is 9.84. The van der Waals surface area contributed by atoms with E-state index in [1.807, 2.05) is 0 Å². The molecule has 1 aromatic heterocycles. The van der Waals surface area contributed by atoms with Crippen molar-refractivity contribution in [2.45, 2.75) is 26.3 Å². The maximum absolute atomic E-state index is 8.36. The van der Waals surface area contributed by atoms with Crippen LogP contribution in [-0.4, -0.2) is 17.6 Å². The first-order valence-corrected chi connectivity index (χ1v) is 5.71. The van der Waals surface area contributed by atoms with Crippen molar-refractivity contribution in [1.82, 2.24) is 5.32 Å². The minimum Gasteiger partial charge on any atom is -0.409 e. The second-order valence-corrected chi connectivity index (χ2v) is 4.79. The summed E-state index contributed by atoms with van der Waals surface area (Å²) in [6.45, 7) is 4.92. The van der Waals surface area contributed by atoms with Crippen molar-refractivity contribution >= 4 is 17.2 Å². The van der Waals surface area contributed by atoms with Crippen molar-refractivity contribution in [2.24, 2.45) is 10.9 Å². The van der Waals surface area contributed by atoms with E-state index in [1.54, 1.807) is 11.3 Å². The molecule has 0 saturated carbocycles. The highest BCUT2D eigenvalue weighted by atomic mass is 32.1. The molecule has 5 heteroatoms. The maximum Gasteiger partial charge on any atom is 0.140 e. The van der Waals surface area contributed by atoms with Gasteiger partial charge in [0.05, 0.1) is 0 Å². The number of aryl methyl sites for hydroxylation is 1. The van der Waals surface area contributed by atoms with Gasteiger partial charge in [0.15, 0.2) is 0 Å². The lowest BCUT2D eigenvalue weighted by molar-refractivity contribution is 0.316. The van der Waals surface area contributed by atoms with Gasteiger partial charge >= 0.3 is 0 Å². The zero-order valence-electron chi connectivity index (χ0n) is 9.03. The van der Waals surface area contributed by atoms with E-state index in [2.05, 4.69) is 36.5 Å². The lowest BCUT2D eigenvalue weighted by Gasteiger charge is -2.11. The van der Waals surface area contributed by atoms with Crippen LogP contribution >= 0.6 is 11.3 Å². The van der Waals surface area contributed by atoms with Crippen LogP contribution in [0.2, 0.25) is 0 Å². The van der Waals surface area contributed by atoms with E-state index < -0.39 is 0 Å². The number of nitrogens with zero attached hydrogens (tertiary/aromatic N) is 1. The number of thiophene rings is 1. The molecule has 0 aromatic carbocycles. The lowest BCUT2D eigenvalue weighted by Crippen LogP contribution is -2.24. The molecule has 4 nitrogen and oxygen atoms in total. The van der Waals surface area contributed by atoms with Gasteiger partial charge in [0.25, 0.3) is 0 Å². The van der Waals surface area contributed by atoms with Crippen molar-refractivity contribution in [2.75, 3.05) is 6.54 Å². The second-order valence-electron chi connectivity index (χ2n) is 3.47. The lowest BCUT2D eigenvalue weighted by atomic mass is 10.2. The summed E-state index contributed by atoms with van der Waals surface area (Å²) in [5.74, 6) is 0.261. The van der Waals surface area contributed by atoms with E-state index in [4.69, 9.17) is 10.9 Å². The van der Waals surface area contributed by atoms with Crippen LogP contribution in [0.15, 0.2) is 17.3 Å². The highest BCUT2D eigenvalue weighted by Gasteiger charge is 2.06. The Kier molecular flexibility index (Phi) is 4.58. The third kappa shape index (κ3) is 3.89. The molecule has 1 atom stereocenters. The normalized spacial score (nSPS) is 14.1. The van der Waals surface area contributed by atoms with Crippen LogP contribution in [0, 0.1) is 6.92 Å². The fraction of sp³-hybridized carbons (Fsp3) is 0.500. The Morgan fingerprint density at radius 3 is 2.93 bits per heavy atom. The average molecular weight is 227 g/mol. The van der Waals surface area contributed by atoms with Gasteiger partial charge in [-0.05, 0) is 26.0 Å². The summed E-state index contributed by atoms with van der Waals surface area (Å²) in [5, 5.41) is 14.6. The van der Waals surface area contributed by atoms with Gasteiger partial charge in [-0.2, -0.15) is 0 Å². The Balaban J connectivity index is 2.33. The molecule has 0 radical (unpaired) electrons. The van der Waals surface area contributed by atoms with Crippen LogP contribution in [0.3, 0.4) is 0 Å². The summed E-state index contributed by atoms with van der Waals surface area (Å²) in [6.07, 6.45) is 0.561. The number of nitrogens with two attached hydrogens (primary N) is 1. The van der Waals surface area contributed by atoms with Gasteiger partial charge in [0.1, 0.15) is 5.84 Å². The Morgan fingerprint density at radius 2 is 2.40 bits per heavy atom. The predicted octanol–water partition coefficient (Wildman–Crippen LogP) is 1.84. The van der Waals surface area contributed by atoms with Gasteiger partial charge < -0.3 is 16.3 Å². The molecule has 1 rings (SSSR count). The summed E-state index contributed by atoms with van der Waals surface area (Å²) < 4.78 is 0. The van der Waals surface area contributed by atoms with E-state index in [0.29, 0.717) is 19.0 Å². The molecule has 0 amide bonds. The van der Waals surface area contributed by atoms with Crippen LogP contribution < -0.4 is 11.1 Å². The molecule has 4 N–H and O–H groups in total. The fourth-order valence-electron chi connectivity index (χ4n) is 1.25. The molecule has 0 fully saturated rings. The molecule has 15 heavy (non-hydrogen) atoms. The molecule has 1 aromatic rings. The number of oxime groups is 1. The monoisotopic (exact) mass is 227 g/mol. The van der Waals surface area contributed by atoms with E-state index in [1.165, 1.54) is 9.75 Å². The summed E-state index contributed by atoms with van der Waals surface area (Å²) in [7, 11) is 0. The third-order valence-corrected chi connectivity index (χ3v) is 3.33. The molecule has 0 spiro atoms. The van der Waals surface area contributed by atoms with Crippen LogP contribution in [0.4, 0.5) is 0 Å². The van der Waals surface area contributed by atoms with Crippen LogP contribution in [0.5, 0.6) is 0 Å². The van der Waals surface area contributed by atoms with Gasteiger partial charge in [0, 0.05) is 28.8 Å². The van der Waals surface area contributed by atoms with Gasteiger partial charge in [-0.1, -0.05) is 5.16 Å². The van der Waals surface area contributed by atoms with Crippen molar-refractivity contribution < 1.29 is 5.21 Å². The van der Waals surface area contributed by atoms with Gasteiger partial charge in [-0.15, -0.1) is 11.3 Å². The highest BCUT2D eigenvalue weighted by Crippen LogP contribution is 2.21. The SMILES string of the molecule is Cc1ccc(C(C)NCCC(N)=NO)s1. The van der Waals surface area contributed by atoms with Gasteiger partial charge in [0.2, 0.25) is 0 Å². The molecule has 0 aliphatic rings. The van der Waals surface area contributed by atoms with Crippen molar-refractivity contribution in [3.63, 3.8) is 0 Å². The Morgan fingerprint density at radius 1 is 1.67 bits per heavy atom. The zero-order chi connectivity index (χ0) is 11.3. The smallest absolute Gasteiger partial charge is 0.140 e. The molecule has 0 aliphatic carbocycles. The summed E-state index contributed by atoms with van der Waals surface area (Å²) >= 11 is 1.79. The minimum atomic E-state index is 0.261. The number of nitrogens with one attached hydrogen (secondary N) is 1. The molecule has 0 aliphatic heterocycles. The number of amidine groups is 1. The molecule has 1 heterocycles. The Labute approximate surface area is 93.8 Å². The first kappa shape index (κ1) is 12.0. The topological polar surface area (TPSA) is 70.6 Å².